The molecule has 3 heterocycles. The fourth-order valence-electron chi connectivity index (χ4n) is 3.34. The van der Waals surface area contributed by atoms with Crippen LogP contribution in [0.1, 0.15) is 23.0 Å². The highest BCUT2D eigenvalue weighted by atomic mass is 16.5. The van der Waals surface area contributed by atoms with E-state index in [-0.39, 0.29) is 44.0 Å². The minimum atomic E-state index is -0.770. The lowest BCUT2D eigenvalue weighted by molar-refractivity contribution is -0.166. The third-order valence-electron chi connectivity index (χ3n) is 4.79. The number of morpholine rings is 1. The molecule has 1 unspecified atom stereocenters. The number of piperazine rings is 1. The second-order valence-corrected chi connectivity index (χ2v) is 6.58. The molecule has 26 heavy (non-hydrogen) atoms. The van der Waals surface area contributed by atoms with Crippen LogP contribution in [0.2, 0.25) is 0 Å². The first-order valence-corrected chi connectivity index (χ1v) is 8.43. The zero-order valence-corrected chi connectivity index (χ0v) is 14.6. The maximum Gasteiger partial charge on any atom is 0.252 e. The Bertz CT molecular complexity index is 708. The summed E-state index contributed by atoms with van der Waals surface area (Å²) in [5.74, 6) is -0.662. The first-order valence-electron chi connectivity index (χ1n) is 8.43. The summed E-state index contributed by atoms with van der Waals surface area (Å²) in [6.07, 6.45) is 1.39. The molecule has 0 saturated carbocycles. The first kappa shape index (κ1) is 18.3. The van der Waals surface area contributed by atoms with Crippen LogP contribution in [0.4, 0.5) is 0 Å². The van der Waals surface area contributed by atoms with Gasteiger partial charge < -0.3 is 25.0 Å². The lowest BCUT2D eigenvalue weighted by atomic mass is 9.92. The molecule has 3 rings (SSSR count). The van der Waals surface area contributed by atoms with Gasteiger partial charge >= 0.3 is 0 Å². The van der Waals surface area contributed by atoms with Gasteiger partial charge in [-0.15, -0.1) is 0 Å². The zero-order valence-electron chi connectivity index (χ0n) is 14.6. The molecular formula is C17H22N4O5. The molecule has 2 saturated heterocycles. The van der Waals surface area contributed by atoms with Crippen LogP contribution in [-0.2, 0) is 20.9 Å². The highest BCUT2D eigenvalue weighted by Crippen LogP contribution is 2.26. The molecule has 2 fully saturated rings. The van der Waals surface area contributed by atoms with Gasteiger partial charge in [-0.3, -0.25) is 19.4 Å². The van der Waals surface area contributed by atoms with Gasteiger partial charge in [0.25, 0.3) is 5.91 Å². The fraction of sp³-hybridized carbons (Fsp3) is 0.529. The summed E-state index contributed by atoms with van der Waals surface area (Å²) in [6, 6.07) is 3.15. The van der Waals surface area contributed by atoms with Crippen LogP contribution >= 0.6 is 0 Å². The number of carbonyl (C=O) groups is 3. The maximum absolute atomic E-state index is 12.5. The monoisotopic (exact) mass is 362 g/mol. The van der Waals surface area contributed by atoms with E-state index in [0.29, 0.717) is 31.0 Å². The van der Waals surface area contributed by atoms with Crippen molar-refractivity contribution in [3.8, 4) is 0 Å². The molecule has 9 heteroatoms. The van der Waals surface area contributed by atoms with E-state index < -0.39 is 5.54 Å². The summed E-state index contributed by atoms with van der Waals surface area (Å²) in [4.78, 5) is 43.8. The largest absolute Gasteiger partial charge is 0.390 e. The molecule has 0 bridgehead atoms. The van der Waals surface area contributed by atoms with Crippen LogP contribution in [0.3, 0.4) is 0 Å². The summed E-state index contributed by atoms with van der Waals surface area (Å²) in [5.41, 5.74) is 0.0577. The van der Waals surface area contributed by atoms with Crippen LogP contribution in [0.15, 0.2) is 18.3 Å². The molecule has 140 valence electrons. The van der Waals surface area contributed by atoms with Crippen molar-refractivity contribution in [3.63, 3.8) is 0 Å². The van der Waals surface area contributed by atoms with Gasteiger partial charge in [0, 0.05) is 32.8 Å². The number of rotatable bonds is 4. The third kappa shape index (κ3) is 3.54. The van der Waals surface area contributed by atoms with Gasteiger partial charge in [0.2, 0.25) is 11.8 Å². The number of nitrogens with zero attached hydrogens (tertiary/aromatic N) is 3. The van der Waals surface area contributed by atoms with Crippen LogP contribution in [-0.4, -0.2) is 82.5 Å². The van der Waals surface area contributed by atoms with E-state index >= 15 is 0 Å². The number of aromatic nitrogens is 1. The van der Waals surface area contributed by atoms with Crippen LogP contribution in [0.5, 0.6) is 0 Å². The molecule has 9 nitrogen and oxygen atoms in total. The van der Waals surface area contributed by atoms with Crippen molar-refractivity contribution >= 4 is 17.7 Å². The van der Waals surface area contributed by atoms with E-state index in [1.54, 1.807) is 17.0 Å². The number of fused-ring (bicyclic) bond motifs is 1. The van der Waals surface area contributed by atoms with Crippen LogP contribution in [0, 0.1) is 0 Å². The highest BCUT2D eigenvalue weighted by molar-refractivity contribution is 5.94. The number of nitrogens with one attached hydrogen (secondary N) is 1. The Morgan fingerprint density at radius 1 is 1.42 bits per heavy atom. The normalized spacial score (nSPS) is 22.8. The average Bonchev–Trinajstić information content (AvgIpc) is 2.66. The van der Waals surface area contributed by atoms with Gasteiger partial charge in [0.1, 0.15) is 5.54 Å². The number of ether oxygens (including phenoxy) is 1. The van der Waals surface area contributed by atoms with Crippen molar-refractivity contribution in [2.24, 2.45) is 0 Å². The highest BCUT2D eigenvalue weighted by Gasteiger charge is 2.48. The van der Waals surface area contributed by atoms with E-state index in [0.717, 1.165) is 0 Å². The van der Waals surface area contributed by atoms with E-state index in [1.807, 2.05) is 0 Å². The van der Waals surface area contributed by atoms with Crippen LogP contribution < -0.4 is 5.32 Å². The van der Waals surface area contributed by atoms with Crippen molar-refractivity contribution in [3.05, 3.63) is 29.6 Å². The third-order valence-corrected chi connectivity index (χ3v) is 4.79. The average molecular weight is 362 g/mol. The van der Waals surface area contributed by atoms with Crippen molar-refractivity contribution in [2.45, 2.75) is 19.1 Å². The summed E-state index contributed by atoms with van der Waals surface area (Å²) in [6.45, 7) is 2.90. The van der Waals surface area contributed by atoms with E-state index in [2.05, 4.69) is 10.3 Å². The topological polar surface area (TPSA) is 112 Å². The van der Waals surface area contributed by atoms with Crippen molar-refractivity contribution in [1.29, 1.82) is 0 Å². The zero-order chi connectivity index (χ0) is 18.7. The Hall–Kier alpha value is -2.52. The van der Waals surface area contributed by atoms with Crippen molar-refractivity contribution < 1.29 is 24.2 Å². The number of aliphatic hydroxyl groups excluding tert-OH is 1. The Kier molecular flexibility index (Phi) is 5.19. The summed E-state index contributed by atoms with van der Waals surface area (Å²) in [5, 5.41) is 11.8. The van der Waals surface area contributed by atoms with Crippen LogP contribution in [0.25, 0.3) is 0 Å². The maximum atomic E-state index is 12.5. The standard InChI is InChI=1S/C17H22N4O5/c1-12(23)20-7-15(24)21-4-5-26-11-17(21,10-20)9-19-16(25)13-2-3-14(8-22)18-6-13/h2-3,6,22H,4-5,7-11H2,1H3,(H,19,25). The summed E-state index contributed by atoms with van der Waals surface area (Å²) >= 11 is 0. The molecule has 0 aromatic carbocycles. The number of hydrogen-bond donors (Lipinski definition) is 2. The lowest BCUT2D eigenvalue weighted by Crippen LogP contribution is -2.73. The molecule has 2 aliphatic rings. The van der Waals surface area contributed by atoms with Gasteiger partial charge in [-0.05, 0) is 12.1 Å². The SMILES string of the molecule is CC(=O)N1CC(=O)N2CCOCC2(CNC(=O)c2ccc(CO)nc2)C1. The molecule has 0 spiro atoms. The van der Waals surface area contributed by atoms with Gasteiger partial charge in [-0.2, -0.15) is 0 Å². The second-order valence-electron chi connectivity index (χ2n) is 6.58. The van der Waals surface area contributed by atoms with Crippen molar-refractivity contribution in [2.75, 3.05) is 39.4 Å². The van der Waals surface area contributed by atoms with Gasteiger partial charge in [0.05, 0.1) is 37.6 Å². The molecule has 1 aromatic heterocycles. The second kappa shape index (κ2) is 7.38. The Labute approximate surface area is 150 Å². The summed E-state index contributed by atoms with van der Waals surface area (Å²) < 4.78 is 5.56. The molecule has 3 amide bonds. The molecule has 2 aliphatic heterocycles. The number of aliphatic hydroxyl groups is 1. The van der Waals surface area contributed by atoms with Gasteiger partial charge in [-0.1, -0.05) is 0 Å². The summed E-state index contributed by atoms with van der Waals surface area (Å²) in [7, 11) is 0. The Morgan fingerprint density at radius 3 is 2.88 bits per heavy atom. The van der Waals surface area contributed by atoms with E-state index in [4.69, 9.17) is 9.84 Å². The molecule has 1 atom stereocenters. The number of hydrogen-bond acceptors (Lipinski definition) is 6. The molecular weight excluding hydrogens is 340 g/mol. The molecule has 0 aliphatic carbocycles. The van der Waals surface area contributed by atoms with Gasteiger partial charge in [0.15, 0.2) is 0 Å². The fourth-order valence-corrected chi connectivity index (χ4v) is 3.34. The Balaban J connectivity index is 1.74. The Morgan fingerprint density at radius 2 is 2.23 bits per heavy atom. The number of amides is 3. The van der Waals surface area contributed by atoms with E-state index in [1.165, 1.54) is 18.0 Å². The first-order chi connectivity index (χ1) is 12.4. The van der Waals surface area contributed by atoms with Crippen molar-refractivity contribution in [1.82, 2.24) is 20.1 Å². The number of carbonyl (C=O) groups excluding carboxylic acids is 3. The quantitative estimate of drug-likeness (QED) is 0.693. The van der Waals surface area contributed by atoms with Gasteiger partial charge in [-0.25, -0.2) is 0 Å². The predicted molar refractivity (Wildman–Crippen MR) is 90.0 cm³/mol. The number of pyridine rings is 1. The predicted octanol–water partition coefficient (Wildman–Crippen LogP) is -1.24. The lowest BCUT2D eigenvalue weighted by Gasteiger charge is -2.52. The smallest absolute Gasteiger partial charge is 0.252 e. The minimum Gasteiger partial charge on any atom is -0.390 e. The molecule has 1 aromatic rings. The van der Waals surface area contributed by atoms with E-state index in [9.17, 15) is 14.4 Å². The molecule has 2 N–H and O–H groups in total. The minimum absolute atomic E-state index is 0.0531. The molecule has 0 radical (unpaired) electrons.